The van der Waals surface area contributed by atoms with E-state index in [9.17, 15) is 19.5 Å². The van der Waals surface area contributed by atoms with Crippen molar-refractivity contribution in [1.82, 2.24) is 4.90 Å². The van der Waals surface area contributed by atoms with Gasteiger partial charge in [0.25, 0.3) is 0 Å². The number of amides is 2. The Morgan fingerprint density at radius 1 is 1.39 bits per heavy atom. The van der Waals surface area contributed by atoms with Crippen LogP contribution in [-0.2, 0) is 14.4 Å². The van der Waals surface area contributed by atoms with E-state index in [4.69, 9.17) is 0 Å². The highest BCUT2D eigenvalue weighted by Gasteiger charge is 2.47. The molecule has 0 radical (unpaired) electrons. The second-order valence-electron chi connectivity index (χ2n) is 5.01. The summed E-state index contributed by atoms with van der Waals surface area (Å²) in [6.45, 7) is 2.16. The Morgan fingerprint density at radius 3 is 2.72 bits per heavy atom. The van der Waals surface area contributed by atoms with Crippen molar-refractivity contribution in [2.75, 3.05) is 6.54 Å². The first-order valence-electron chi connectivity index (χ1n) is 6.21. The van der Waals surface area contributed by atoms with Crippen molar-refractivity contribution in [2.45, 2.75) is 32.6 Å². The summed E-state index contributed by atoms with van der Waals surface area (Å²) in [7, 11) is 0. The lowest BCUT2D eigenvalue weighted by atomic mass is 9.82. The Bertz CT molecular complexity index is 427. The Kier molecular flexibility index (Phi) is 3.50. The van der Waals surface area contributed by atoms with E-state index in [0.717, 1.165) is 5.57 Å². The van der Waals surface area contributed by atoms with Gasteiger partial charge in [0.2, 0.25) is 11.8 Å². The van der Waals surface area contributed by atoms with Gasteiger partial charge in [0.15, 0.2) is 0 Å². The zero-order valence-corrected chi connectivity index (χ0v) is 10.3. The molecule has 0 aromatic rings. The molecule has 1 saturated heterocycles. The average Bonchev–Trinajstić information content (AvgIpc) is 2.53. The van der Waals surface area contributed by atoms with Crippen molar-refractivity contribution in [3.8, 4) is 0 Å². The highest BCUT2D eigenvalue weighted by Crippen LogP contribution is 2.37. The molecule has 0 unspecified atom stereocenters. The summed E-state index contributed by atoms with van der Waals surface area (Å²) in [6, 6.07) is 0. The molecule has 0 saturated carbocycles. The number of hydrogen-bond donors (Lipinski definition) is 0. The van der Waals surface area contributed by atoms with Gasteiger partial charge in [-0.25, -0.2) is 0 Å². The zero-order chi connectivity index (χ0) is 13.3. The van der Waals surface area contributed by atoms with Crippen LogP contribution in [0.1, 0.15) is 32.6 Å². The van der Waals surface area contributed by atoms with E-state index in [0.29, 0.717) is 12.8 Å². The third kappa shape index (κ3) is 2.30. The first-order chi connectivity index (χ1) is 8.50. The molecule has 1 aliphatic carbocycles. The van der Waals surface area contributed by atoms with Gasteiger partial charge in [-0.1, -0.05) is 11.6 Å². The minimum absolute atomic E-state index is 0.121. The first kappa shape index (κ1) is 12.8. The number of hydrogen-bond acceptors (Lipinski definition) is 4. The lowest BCUT2D eigenvalue weighted by Crippen LogP contribution is -2.33. The quantitative estimate of drug-likeness (QED) is 0.514. The van der Waals surface area contributed by atoms with Crippen molar-refractivity contribution >= 4 is 17.8 Å². The van der Waals surface area contributed by atoms with Gasteiger partial charge in [0.1, 0.15) is 0 Å². The number of carbonyl (C=O) groups excluding carboxylic acids is 3. The molecule has 2 amide bonds. The summed E-state index contributed by atoms with van der Waals surface area (Å²) in [4.78, 5) is 35.7. The van der Waals surface area contributed by atoms with E-state index in [2.05, 4.69) is 0 Å². The first-order valence-corrected chi connectivity index (χ1v) is 6.21. The van der Waals surface area contributed by atoms with Crippen molar-refractivity contribution in [1.29, 1.82) is 0 Å². The summed E-state index contributed by atoms with van der Waals surface area (Å²) in [5.41, 5.74) is 1.15. The summed E-state index contributed by atoms with van der Waals surface area (Å²) < 4.78 is 0. The van der Waals surface area contributed by atoms with Crippen LogP contribution in [0.15, 0.2) is 11.6 Å². The lowest BCUT2D eigenvalue weighted by Gasteiger charge is -2.19. The number of carbonyl (C=O) groups is 3. The van der Waals surface area contributed by atoms with Gasteiger partial charge >= 0.3 is 0 Å². The minimum Gasteiger partial charge on any atom is -0.550 e. The maximum Gasteiger partial charge on any atom is 0.233 e. The van der Waals surface area contributed by atoms with Crippen LogP contribution >= 0.6 is 0 Å². The molecule has 98 valence electrons. The van der Waals surface area contributed by atoms with Crippen molar-refractivity contribution < 1.29 is 19.5 Å². The molecule has 0 spiro atoms. The van der Waals surface area contributed by atoms with Crippen LogP contribution in [0.25, 0.3) is 0 Å². The standard InChI is InChI=1S/C13H17NO4/c1-8-4-5-9-10(7-8)13(18)14(12(9)17)6-2-3-11(15)16/h4,9-10H,2-3,5-7H2,1H3,(H,15,16)/p-1/t9-,10-/m1/s1. The summed E-state index contributed by atoms with van der Waals surface area (Å²) in [6.07, 6.45) is 3.43. The number of carboxylic acid groups (broad SMARTS) is 1. The van der Waals surface area contributed by atoms with Crippen LogP contribution < -0.4 is 5.11 Å². The number of rotatable bonds is 4. The van der Waals surface area contributed by atoms with Gasteiger partial charge in [-0.15, -0.1) is 0 Å². The topological polar surface area (TPSA) is 77.5 Å². The van der Waals surface area contributed by atoms with E-state index in [1.54, 1.807) is 0 Å². The third-order valence-electron chi connectivity index (χ3n) is 3.68. The molecule has 2 aliphatic rings. The van der Waals surface area contributed by atoms with Crippen LogP contribution in [0.3, 0.4) is 0 Å². The fourth-order valence-electron chi connectivity index (χ4n) is 2.71. The smallest absolute Gasteiger partial charge is 0.233 e. The van der Waals surface area contributed by atoms with Gasteiger partial charge in [-0.05, 0) is 32.6 Å². The molecule has 0 N–H and O–H groups in total. The maximum atomic E-state index is 12.1. The highest BCUT2D eigenvalue weighted by molar-refractivity contribution is 6.05. The maximum absolute atomic E-state index is 12.1. The molecular formula is C13H16NO4-. The van der Waals surface area contributed by atoms with Crippen LogP contribution in [-0.4, -0.2) is 29.2 Å². The number of likely N-dealkylation sites (tertiary alicyclic amines) is 1. The predicted octanol–water partition coefficient (Wildman–Crippen LogP) is -0.142. The second kappa shape index (κ2) is 4.92. The highest BCUT2D eigenvalue weighted by atomic mass is 16.4. The molecule has 1 aliphatic heterocycles. The summed E-state index contributed by atoms with van der Waals surface area (Å²) >= 11 is 0. The SMILES string of the molecule is CC1=CC[C@H]2C(=O)N(CCCC(=O)[O-])C(=O)[C@@H]2C1. The van der Waals surface area contributed by atoms with Crippen LogP contribution in [0, 0.1) is 11.8 Å². The Labute approximate surface area is 105 Å². The fourth-order valence-corrected chi connectivity index (χ4v) is 2.71. The molecule has 1 heterocycles. The molecule has 0 bridgehead atoms. The van der Waals surface area contributed by atoms with E-state index in [1.165, 1.54) is 4.90 Å². The second-order valence-corrected chi connectivity index (χ2v) is 5.01. The molecule has 18 heavy (non-hydrogen) atoms. The molecule has 0 aromatic heterocycles. The molecular weight excluding hydrogens is 234 g/mol. The number of allylic oxidation sites excluding steroid dienone is 2. The predicted molar refractivity (Wildman–Crippen MR) is 60.9 cm³/mol. The van der Waals surface area contributed by atoms with Crippen LogP contribution in [0.5, 0.6) is 0 Å². The molecule has 1 fully saturated rings. The van der Waals surface area contributed by atoms with Gasteiger partial charge in [-0.3, -0.25) is 14.5 Å². The van der Waals surface area contributed by atoms with Crippen LogP contribution in [0.2, 0.25) is 0 Å². The van der Waals surface area contributed by atoms with Crippen LogP contribution in [0.4, 0.5) is 0 Å². The Balaban J connectivity index is 2.00. The van der Waals surface area contributed by atoms with Crippen molar-refractivity contribution in [2.24, 2.45) is 11.8 Å². The van der Waals surface area contributed by atoms with Gasteiger partial charge in [0, 0.05) is 12.5 Å². The van der Waals surface area contributed by atoms with Gasteiger partial charge in [-0.2, -0.15) is 0 Å². The van der Waals surface area contributed by atoms with Gasteiger partial charge < -0.3 is 9.90 Å². The zero-order valence-electron chi connectivity index (χ0n) is 10.3. The van der Waals surface area contributed by atoms with E-state index in [1.807, 2.05) is 13.0 Å². The Morgan fingerprint density at radius 2 is 2.06 bits per heavy atom. The van der Waals surface area contributed by atoms with E-state index < -0.39 is 5.97 Å². The normalized spacial score (nSPS) is 27.2. The lowest BCUT2D eigenvalue weighted by molar-refractivity contribution is -0.305. The molecule has 2 atom stereocenters. The largest absolute Gasteiger partial charge is 0.550 e. The third-order valence-corrected chi connectivity index (χ3v) is 3.68. The van der Waals surface area contributed by atoms with Crippen molar-refractivity contribution in [3.05, 3.63) is 11.6 Å². The van der Waals surface area contributed by atoms with Gasteiger partial charge in [0.05, 0.1) is 11.8 Å². The van der Waals surface area contributed by atoms with E-state index in [-0.39, 0.29) is 43.0 Å². The number of fused-ring (bicyclic) bond motifs is 1. The number of aliphatic carboxylic acids is 1. The van der Waals surface area contributed by atoms with Crippen molar-refractivity contribution in [3.63, 3.8) is 0 Å². The number of nitrogens with zero attached hydrogens (tertiary/aromatic N) is 1. The summed E-state index contributed by atoms with van der Waals surface area (Å²) in [5, 5.41) is 10.3. The minimum atomic E-state index is -1.15. The number of carboxylic acids is 1. The summed E-state index contributed by atoms with van der Waals surface area (Å²) in [5.74, 6) is -1.90. The number of imide groups is 1. The molecule has 5 heteroatoms. The Hall–Kier alpha value is -1.65. The molecule has 0 aromatic carbocycles. The average molecular weight is 250 g/mol. The molecule has 5 nitrogen and oxygen atoms in total. The van der Waals surface area contributed by atoms with E-state index >= 15 is 0 Å². The monoisotopic (exact) mass is 250 g/mol. The fraction of sp³-hybridized carbons (Fsp3) is 0.615. The molecule has 2 rings (SSSR count).